The molecule has 1 fully saturated rings. The van der Waals surface area contributed by atoms with Crippen LogP contribution in [0, 0.1) is 0 Å². The Balaban J connectivity index is 1.48. The standard InChI is InChI=1S/C23H24N4O3S/c1-17(28)19-6-5-7-21(16-19)31(29,30)26-20-10-8-18(9-11-20)22-12-13-23(25-24-22)27-14-3-2-4-15-27/h5-13,16,26H,2-4,14-15H2,1H3. The van der Waals surface area contributed by atoms with E-state index in [1.165, 1.54) is 38.3 Å². The number of ketones is 1. The average Bonchev–Trinajstić information content (AvgIpc) is 2.80. The number of aromatic nitrogens is 2. The first kappa shape index (κ1) is 21.0. The van der Waals surface area contributed by atoms with Crippen molar-refractivity contribution in [1.82, 2.24) is 10.2 Å². The van der Waals surface area contributed by atoms with Gasteiger partial charge in [-0.15, -0.1) is 10.2 Å². The van der Waals surface area contributed by atoms with Gasteiger partial charge in [0.15, 0.2) is 11.6 Å². The summed E-state index contributed by atoms with van der Waals surface area (Å²) in [5.41, 5.74) is 2.35. The number of piperidine rings is 1. The van der Waals surface area contributed by atoms with E-state index in [1.807, 2.05) is 12.1 Å². The second-order valence-electron chi connectivity index (χ2n) is 7.59. The van der Waals surface area contributed by atoms with Crippen LogP contribution in [-0.2, 0) is 10.0 Å². The van der Waals surface area contributed by atoms with Crippen molar-refractivity contribution in [2.24, 2.45) is 0 Å². The molecule has 160 valence electrons. The molecule has 0 radical (unpaired) electrons. The van der Waals surface area contributed by atoms with Crippen LogP contribution in [0.3, 0.4) is 0 Å². The lowest BCUT2D eigenvalue weighted by atomic mass is 10.1. The Kier molecular flexibility index (Phi) is 5.99. The molecule has 1 N–H and O–H groups in total. The minimum atomic E-state index is -3.80. The predicted octanol–water partition coefficient (Wildman–Crippen LogP) is 4.14. The second-order valence-corrected chi connectivity index (χ2v) is 9.27. The maximum Gasteiger partial charge on any atom is 0.261 e. The second kappa shape index (κ2) is 8.85. The number of carbonyl (C=O) groups excluding carboxylic acids is 1. The lowest BCUT2D eigenvalue weighted by Crippen LogP contribution is -2.30. The number of hydrogen-bond donors (Lipinski definition) is 1. The van der Waals surface area contributed by atoms with Gasteiger partial charge in [-0.1, -0.05) is 24.3 Å². The van der Waals surface area contributed by atoms with Crippen molar-refractivity contribution >= 4 is 27.3 Å². The predicted molar refractivity (Wildman–Crippen MR) is 121 cm³/mol. The first-order chi connectivity index (χ1) is 14.9. The number of benzene rings is 2. The number of nitrogens with zero attached hydrogens (tertiary/aromatic N) is 3. The molecule has 2 aromatic carbocycles. The van der Waals surface area contributed by atoms with Gasteiger partial charge in [0.2, 0.25) is 0 Å². The van der Waals surface area contributed by atoms with Gasteiger partial charge in [0, 0.05) is 29.9 Å². The fourth-order valence-electron chi connectivity index (χ4n) is 3.58. The SMILES string of the molecule is CC(=O)c1cccc(S(=O)(=O)Nc2ccc(-c3ccc(N4CCCCC4)nn3)cc2)c1. The lowest BCUT2D eigenvalue weighted by Gasteiger charge is -2.27. The Morgan fingerprint density at radius 3 is 2.32 bits per heavy atom. The molecular weight excluding hydrogens is 412 g/mol. The molecule has 8 heteroatoms. The highest BCUT2D eigenvalue weighted by Crippen LogP contribution is 2.24. The molecule has 3 aromatic rings. The zero-order valence-electron chi connectivity index (χ0n) is 17.3. The summed E-state index contributed by atoms with van der Waals surface area (Å²) in [5.74, 6) is 0.703. The topological polar surface area (TPSA) is 92.3 Å². The maximum atomic E-state index is 12.7. The Morgan fingerprint density at radius 1 is 0.935 bits per heavy atom. The number of sulfonamides is 1. The Morgan fingerprint density at radius 2 is 1.68 bits per heavy atom. The van der Waals surface area contributed by atoms with Gasteiger partial charge in [0.25, 0.3) is 10.0 Å². The quantitative estimate of drug-likeness (QED) is 0.584. The Bertz CT molecular complexity index is 1170. The van der Waals surface area contributed by atoms with Crippen molar-refractivity contribution in [2.45, 2.75) is 31.1 Å². The van der Waals surface area contributed by atoms with Crippen molar-refractivity contribution < 1.29 is 13.2 Å². The fraction of sp³-hybridized carbons (Fsp3) is 0.261. The van der Waals surface area contributed by atoms with Gasteiger partial charge in [0.1, 0.15) is 0 Å². The number of hydrogen-bond acceptors (Lipinski definition) is 6. The van der Waals surface area contributed by atoms with E-state index in [0.717, 1.165) is 30.2 Å². The number of nitrogens with one attached hydrogen (secondary N) is 1. The minimum Gasteiger partial charge on any atom is -0.355 e. The zero-order valence-corrected chi connectivity index (χ0v) is 18.1. The van der Waals surface area contributed by atoms with Crippen LogP contribution in [0.15, 0.2) is 65.6 Å². The van der Waals surface area contributed by atoms with Gasteiger partial charge in [-0.2, -0.15) is 0 Å². The fourth-order valence-corrected chi connectivity index (χ4v) is 4.68. The van der Waals surface area contributed by atoms with E-state index < -0.39 is 10.0 Å². The van der Waals surface area contributed by atoms with E-state index in [0.29, 0.717) is 11.3 Å². The Hall–Kier alpha value is -3.26. The van der Waals surface area contributed by atoms with Crippen LogP contribution in [0.2, 0.25) is 0 Å². The summed E-state index contributed by atoms with van der Waals surface area (Å²) in [6.07, 6.45) is 3.62. The summed E-state index contributed by atoms with van der Waals surface area (Å²) in [6.45, 7) is 3.43. The summed E-state index contributed by atoms with van der Waals surface area (Å²) in [7, 11) is -3.80. The van der Waals surface area contributed by atoms with Crippen LogP contribution in [0.25, 0.3) is 11.3 Å². The van der Waals surface area contributed by atoms with Crippen molar-refractivity contribution in [3.8, 4) is 11.3 Å². The molecule has 1 aliphatic rings. The molecule has 31 heavy (non-hydrogen) atoms. The van der Waals surface area contributed by atoms with Gasteiger partial charge in [-0.05, 0) is 62.6 Å². The first-order valence-corrected chi connectivity index (χ1v) is 11.7. The van der Waals surface area contributed by atoms with E-state index in [2.05, 4.69) is 19.8 Å². The summed E-state index contributed by atoms with van der Waals surface area (Å²) in [4.78, 5) is 13.8. The molecule has 0 amide bonds. The average molecular weight is 437 g/mol. The highest BCUT2D eigenvalue weighted by Gasteiger charge is 2.16. The van der Waals surface area contributed by atoms with Crippen molar-refractivity contribution in [1.29, 1.82) is 0 Å². The summed E-state index contributed by atoms with van der Waals surface area (Å²) < 4.78 is 27.9. The molecule has 0 saturated carbocycles. The Labute approximate surface area is 182 Å². The molecule has 1 saturated heterocycles. The third kappa shape index (κ3) is 4.91. The molecule has 0 spiro atoms. The van der Waals surface area contributed by atoms with E-state index in [9.17, 15) is 13.2 Å². The van der Waals surface area contributed by atoms with E-state index >= 15 is 0 Å². The normalized spacial score (nSPS) is 14.3. The zero-order chi connectivity index (χ0) is 21.8. The first-order valence-electron chi connectivity index (χ1n) is 10.3. The minimum absolute atomic E-state index is 0.0449. The molecule has 1 aromatic heterocycles. The van der Waals surface area contributed by atoms with Crippen LogP contribution in [0.4, 0.5) is 11.5 Å². The van der Waals surface area contributed by atoms with E-state index in [-0.39, 0.29) is 10.7 Å². The molecule has 0 unspecified atom stereocenters. The largest absolute Gasteiger partial charge is 0.355 e. The van der Waals surface area contributed by atoms with Gasteiger partial charge >= 0.3 is 0 Å². The molecular formula is C23H24N4O3S. The summed E-state index contributed by atoms with van der Waals surface area (Å²) in [5, 5.41) is 8.70. The summed E-state index contributed by atoms with van der Waals surface area (Å²) in [6, 6.07) is 16.9. The highest BCUT2D eigenvalue weighted by molar-refractivity contribution is 7.92. The molecule has 0 atom stereocenters. The molecule has 2 heterocycles. The number of carbonyl (C=O) groups is 1. The molecule has 4 rings (SSSR count). The van der Waals surface area contributed by atoms with Crippen LogP contribution in [0.1, 0.15) is 36.5 Å². The number of Topliss-reactive ketones (excluding diaryl/α,β-unsaturated/α-hetero) is 1. The molecule has 0 bridgehead atoms. The molecule has 7 nitrogen and oxygen atoms in total. The summed E-state index contributed by atoms with van der Waals surface area (Å²) >= 11 is 0. The third-order valence-corrected chi connectivity index (χ3v) is 6.69. The van der Waals surface area contributed by atoms with Crippen LogP contribution < -0.4 is 9.62 Å². The number of anilines is 2. The van der Waals surface area contributed by atoms with Crippen LogP contribution in [0.5, 0.6) is 0 Å². The smallest absolute Gasteiger partial charge is 0.261 e. The van der Waals surface area contributed by atoms with Crippen molar-refractivity contribution in [3.63, 3.8) is 0 Å². The van der Waals surface area contributed by atoms with Crippen LogP contribution in [-0.4, -0.2) is 37.5 Å². The monoisotopic (exact) mass is 436 g/mol. The van der Waals surface area contributed by atoms with Crippen LogP contribution >= 0.6 is 0 Å². The molecule has 0 aliphatic carbocycles. The van der Waals surface area contributed by atoms with Crippen molar-refractivity contribution in [3.05, 3.63) is 66.2 Å². The maximum absolute atomic E-state index is 12.7. The third-order valence-electron chi connectivity index (χ3n) is 5.31. The van der Waals surface area contributed by atoms with E-state index in [1.54, 1.807) is 36.4 Å². The van der Waals surface area contributed by atoms with Crippen molar-refractivity contribution in [2.75, 3.05) is 22.7 Å². The lowest BCUT2D eigenvalue weighted by molar-refractivity contribution is 0.101. The molecule has 1 aliphatic heterocycles. The van der Waals surface area contributed by atoms with Gasteiger partial charge in [0.05, 0.1) is 10.6 Å². The van der Waals surface area contributed by atoms with Gasteiger partial charge in [-0.25, -0.2) is 8.42 Å². The van der Waals surface area contributed by atoms with Gasteiger partial charge in [-0.3, -0.25) is 9.52 Å². The highest BCUT2D eigenvalue weighted by atomic mass is 32.2. The van der Waals surface area contributed by atoms with E-state index in [4.69, 9.17) is 0 Å². The number of rotatable bonds is 6. The van der Waals surface area contributed by atoms with Gasteiger partial charge < -0.3 is 4.90 Å².